The lowest BCUT2D eigenvalue weighted by Gasteiger charge is -2.13. The van der Waals surface area contributed by atoms with Gasteiger partial charge in [-0.25, -0.2) is 14.6 Å². The molecule has 2 aromatic heterocycles. The minimum Gasteiger partial charge on any atom is -0.352 e. The van der Waals surface area contributed by atoms with Gasteiger partial charge in [-0.15, -0.1) is 0 Å². The monoisotopic (exact) mass is 333 g/mol. The van der Waals surface area contributed by atoms with Gasteiger partial charge in [0.05, 0.1) is 0 Å². The highest BCUT2D eigenvalue weighted by molar-refractivity contribution is 5.77. The summed E-state index contributed by atoms with van der Waals surface area (Å²) < 4.78 is 1.61. The Morgan fingerprint density at radius 2 is 2.16 bits per heavy atom. The number of aromatic nitrogens is 4. The van der Waals surface area contributed by atoms with Crippen LogP contribution in [0, 0.1) is 0 Å². The number of pyridine rings is 1. The Balaban J connectivity index is 1.41. The maximum Gasteiger partial charge on any atom is 0.220 e. The van der Waals surface area contributed by atoms with E-state index in [1.807, 2.05) is 12.1 Å². The van der Waals surface area contributed by atoms with Crippen LogP contribution in [0.25, 0.3) is 5.82 Å². The number of benzene rings is 1. The summed E-state index contributed by atoms with van der Waals surface area (Å²) in [4.78, 5) is 20.7. The number of carbonyl (C=O) groups is 1. The second kappa shape index (κ2) is 6.84. The van der Waals surface area contributed by atoms with Crippen LogP contribution in [-0.4, -0.2) is 25.7 Å². The minimum absolute atomic E-state index is 0.0649. The molecule has 0 aliphatic heterocycles. The van der Waals surface area contributed by atoms with Crippen LogP contribution in [0.5, 0.6) is 0 Å². The number of aryl methyl sites for hydroxylation is 1. The quantitative estimate of drug-likeness (QED) is 0.778. The Bertz CT molecular complexity index is 875. The maximum atomic E-state index is 12.4. The number of rotatable bonds is 5. The van der Waals surface area contributed by atoms with E-state index in [-0.39, 0.29) is 5.91 Å². The van der Waals surface area contributed by atoms with Gasteiger partial charge < -0.3 is 5.32 Å². The predicted octanol–water partition coefficient (Wildman–Crippen LogP) is 2.40. The average Bonchev–Trinajstić information content (AvgIpc) is 3.31. The molecule has 1 amide bonds. The first kappa shape index (κ1) is 15.5. The predicted molar refractivity (Wildman–Crippen MR) is 93.1 cm³/mol. The maximum absolute atomic E-state index is 12.4. The zero-order valence-electron chi connectivity index (χ0n) is 13.8. The molecule has 1 aliphatic carbocycles. The van der Waals surface area contributed by atoms with Crippen molar-refractivity contribution < 1.29 is 4.79 Å². The average molecular weight is 333 g/mol. The SMILES string of the molecule is O=C(C[C@H]1CCc2ccccc21)NCc1cccnc1-n1cncn1. The van der Waals surface area contributed by atoms with Crippen molar-refractivity contribution in [3.05, 3.63) is 71.9 Å². The van der Waals surface area contributed by atoms with E-state index in [4.69, 9.17) is 0 Å². The van der Waals surface area contributed by atoms with Crippen molar-refractivity contribution in [3.8, 4) is 5.82 Å². The van der Waals surface area contributed by atoms with Crippen LogP contribution in [0.3, 0.4) is 0 Å². The fourth-order valence-corrected chi connectivity index (χ4v) is 3.44. The Morgan fingerprint density at radius 3 is 3.04 bits per heavy atom. The molecule has 1 atom stereocenters. The largest absolute Gasteiger partial charge is 0.352 e. The van der Waals surface area contributed by atoms with Crippen molar-refractivity contribution >= 4 is 5.91 Å². The molecular formula is C19H19N5O. The van der Waals surface area contributed by atoms with Crippen LogP contribution in [-0.2, 0) is 17.8 Å². The lowest BCUT2D eigenvalue weighted by atomic mass is 9.97. The molecule has 0 radical (unpaired) electrons. The van der Waals surface area contributed by atoms with Crippen molar-refractivity contribution in [2.45, 2.75) is 31.7 Å². The number of amides is 1. The Kier molecular flexibility index (Phi) is 4.24. The molecule has 1 aliphatic rings. The van der Waals surface area contributed by atoms with Crippen molar-refractivity contribution in [2.24, 2.45) is 0 Å². The van der Waals surface area contributed by atoms with Crippen LogP contribution in [0.4, 0.5) is 0 Å². The third-order valence-electron chi connectivity index (χ3n) is 4.67. The first-order valence-electron chi connectivity index (χ1n) is 8.44. The second-order valence-electron chi connectivity index (χ2n) is 6.24. The number of fused-ring (bicyclic) bond motifs is 1. The van der Waals surface area contributed by atoms with Crippen molar-refractivity contribution in [1.82, 2.24) is 25.1 Å². The van der Waals surface area contributed by atoms with Gasteiger partial charge in [-0.3, -0.25) is 4.79 Å². The fraction of sp³-hybridized carbons (Fsp3) is 0.263. The van der Waals surface area contributed by atoms with Crippen molar-refractivity contribution in [2.75, 3.05) is 0 Å². The lowest BCUT2D eigenvalue weighted by molar-refractivity contribution is -0.121. The molecule has 6 heteroatoms. The zero-order chi connectivity index (χ0) is 17.1. The van der Waals surface area contributed by atoms with E-state index in [9.17, 15) is 4.79 Å². The molecule has 4 rings (SSSR count). The molecule has 0 saturated carbocycles. The first-order valence-corrected chi connectivity index (χ1v) is 8.44. The summed E-state index contributed by atoms with van der Waals surface area (Å²) in [6.07, 6.45) is 7.41. The molecule has 0 fully saturated rings. The fourth-order valence-electron chi connectivity index (χ4n) is 3.44. The van der Waals surface area contributed by atoms with E-state index in [0.717, 1.165) is 18.4 Å². The lowest BCUT2D eigenvalue weighted by Crippen LogP contribution is -2.25. The molecule has 2 heterocycles. The number of hydrogen-bond donors (Lipinski definition) is 1. The molecule has 0 unspecified atom stereocenters. The van der Waals surface area contributed by atoms with Gasteiger partial charge in [0.25, 0.3) is 0 Å². The third kappa shape index (κ3) is 3.28. The van der Waals surface area contributed by atoms with E-state index < -0.39 is 0 Å². The molecule has 1 N–H and O–H groups in total. The highest BCUT2D eigenvalue weighted by atomic mass is 16.1. The summed E-state index contributed by atoms with van der Waals surface area (Å²) in [6.45, 7) is 0.427. The highest BCUT2D eigenvalue weighted by Gasteiger charge is 2.24. The minimum atomic E-state index is 0.0649. The van der Waals surface area contributed by atoms with E-state index in [2.05, 4.69) is 44.6 Å². The molecule has 3 aromatic rings. The number of carbonyl (C=O) groups excluding carboxylic acids is 1. The van der Waals surface area contributed by atoms with Crippen molar-refractivity contribution in [3.63, 3.8) is 0 Å². The third-order valence-corrected chi connectivity index (χ3v) is 4.67. The summed E-state index contributed by atoms with van der Waals surface area (Å²) in [5.74, 6) is 1.07. The summed E-state index contributed by atoms with van der Waals surface area (Å²) in [6, 6.07) is 12.2. The second-order valence-corrected chi connectivity index (χ2v) is 6.24. The van der Waals surface area contributed by atoms with Crippen LogP contribution in [0.2, 0.25) is 0 Å². The van der Waals surface area contributed by atoms with Gasteiger partial charge >= 0.3 is 0 Å². The van der Waals surface area contributed by atoms with Gasteiger partial charge in [0.15, 0.2) is 5.82 Å². The molecule has 0 saturated heterocycles. The first-order chi connectivity index (χ1) is 12.3. The molecule has 126 valence electrons. The Labute approximate surface area is 145 Å². The van der Waals surface area contributed by atoms with Crippen LogP contribution in [0.1, 0.15) is 35.4 Å². The topological polar surface area (TPSA) is 72.7 Å². The normalized spacial score (nSPS) is 15.8. The van der Waals surface area contributed by atoms with Gasteiger partial charge in [0.1, 0.15) is 12.7 Å². The van der Waals surface area contributed by atoms with E-state index in [1.165, 1.54) is 17.5 Å². The van der Waals surface area contributed by atoms with Crippen LogP contribution >= 0.6 is 0 Å². The molecule has 6 nitrogen and oxygen atoms in total. The Morgan fingerprint density at radius 1 is 1.24 bits per heavy atom. The summed E-state index contributed by atoms with van der Waals surface area (Å²) >= 11 is 0. The van der Waals surface area contributed by atoms with Gasteiger partial charge in [-0.1, -0.05) is 30.3 Å². The standard InChI is InChI=1S/C19H19N5O/c25-18(10-15-8-7-14-4-1-2-6-17(14)15)22-11-16-5-3-9-21-19(16)24-13-20-12-23-24/h1-6,9,12-13,15H,7-8,10-11H2,(H,22,25)/t15-/m1/s1. The summed E-state index contributed by atoms with van der Waals surface area (Å²) in [5.41, 5.74) is 3.61. The van der Waals surface area contributed by atoms with Gasteiger partial charge in [0.2, 0.25) is 5.91 Å². The number of nitrogens with one attached hydrogen (secondary N) is 1. The molecule has 0 bridgehead atoms. The van der Waals surface area contributed by atoms with Gasteiger partial charge in [-0.2, -0.15) is 5.10 Å². The smallest absolute Gasteiger partial charge is 0.220 e. The Hall–Kier alpha value is -3.02. The number of hydrogen-bond acceptors (Lipinski definition) is 4. The van der Waals surface area contributed by atoms with E-state index in [1.54, 1.807) is 17.2 Å². The molecule has 1 aromatic carbocycles. The molecule has 0 spiro atoms. The van der Waals surface area contributed by atoms with Crippen molar-refractivity contribution in [1.29, 1.82) is 0 Å². The van der Waals surface area contributed by atoms with E-state index >= 15 is 0 Å². The van der Waals surface area contributed by atoms with Gasteiger partial charge in [0, 0.05) is 24.7 Å². The van der Waals surface area contributed by atoms with E-state index in [0.29, 0.717) is 24.7 Å². The molecule has 25 heavy (non-hydrogen) atoms. The van der Waals surface area contributed by atoms with Gasteiger partial charge in [-0.05, 0) is 36.0 Å². The van der Waals surface area contributed by atoms with Crippen LogP contribution < -0.4 is 5.32 Å². The zero-order valence-corrected chi connectivity index (χ0v) is 13.8. The summed E-state index contributed by atoms with van der Waals surface area (Å²) in [7, 11) is 0. The highest BCUT2D eigenvalue weighted by Crippen LogP contribution is 2.35. The summed E-state index contributed by atoms with van der Waals surface area (Å²) in [5, 5.41) is 7.13. The number of nitrogens with zero attached hydrogens (tertiary/aromatic N) is 4. The van der Waals surface area contributed by atoms with Crippen LogP contribution in [0.15, 0.2) is 55.2 Å². The molecular weight excluding hydrogens is 314 g/mol.